The van der Waals surface area contributed by atoms with Crippen molar-refractivity contribution < 1.29 is 0 Å². The molecule has 0 saturated carbocycles. The minimum Gasteiger partial charge on any atom is -0.301 e. The highest BCUT2D eigenvalue weighted by molar-refractivity contribution is 5.18. The van der Waals surface area contributed by atoms with Gasteiger partial charge in [-0.3, -0.25) is 4.90 Å². The highest BCUT2D eigenvalue weighted by atomic mass is 15.3. The van der Waals surface area contributed by atoms with Gasteiger partial charge < -0.3 is 5.32 Å². The average molecular weight is 194 g/mol. The first-order valence-electron chi connectivity index (χ1n) is 5.79. The van der Waals surface area contributed by atoms with Crippen LogP contribution >= 0.6 is 0 Å². The van der Waals surface area contributed by atoms with Crippen LogP contribution in [-0.4, -0.2) is 35.6 Å². The zero-order chi connectivity index (χ0) is 10.3. The number of nitrogens with one attached hydrogen (secondary N) is 1. The Morgan fingerprint density at radius 1 is 1.14 bits per heavy atom. The van der Waals surface area contributed by atoms with Gasteiger partial charge in [-0.2, -0.15) is 0 Å². The van der Waals surface area contributed by atoms with Gasteiger partial charge in [0, 0.05) is 30.7 Å². The number of rotatable bonds is 2. The second-order valence-electron chi connectivity index (χ2n) is 5.17. The van der Waals surface area contributed by atoms with E-state index in [0.29, 0.717) is 24.2 Å². The van der Waals surface area contributed by atoms with E-state index in [1.165, 1.54) is 6.54 Å². The molecule has 2 aliphatic rings. The largest absolute Gasteiger partial charge is 0.301 e. The molecule has 2 nitrogen and oxygen atoms in total. The molecule has 1 fully saturated rings. The lowest BCUT2D eigenvalue weighted by Gasteiger charge is -2.45. The van der Waals surface area contributed by atoms with Crippen LogP contribution in [0.2, 0.25) is 0 Å². The van der Waals surface area contributed by atoms with Crippen LogP contribution in [-0.2, 0) is 0 Å². The van der Waals surface area contributed by atoms with Crippen LogP contribution < -0.4 is 5.32 Å². The molecule has 0 aliphatic carbocycles. The van der Waals surface area contributed by atoms with E-state index in [-0.39, 0.29) is 0 Å². The summed E-state index contributed by atoms with van der Waals surface area (Å²) >= 11 is 0. The van der Waals surface area contributed by atoms with Gasteiger partial charge in [-0.1, -0.05) is 26.0 Å². The van der Waals surface area contributed by atoms with E-state index in [9.17, 15) is 0 Å². The summed E-state index contributed by atoms with van der Waals surface area (Å²) in [4.78, 5) is 2.65. The second kappa shape index (κ2) is 3.67. The van der Waals surface area contributed by atoms with Crippen LogP contribution in [0.5, 0.6) is 0 Å². The fourth-order valence-electron chi connectivity index (χ4n) is 2.71. The zero-order valence-corrected chi connectivity index (χ0v) is 9.70. The Bertz CT molecular complexity index is 216. The SMILES string of the molecule is CC(C)CN1C(C)C2C=CC(N2)C1C. The van der Waals surface area contributed by atoms with Gasteiger partial charge >= 0.3 is 0 Å². The first kappa shape index (κ1) is 10.2. The molecule has 0 aromatic rings. The highest BCUT2D eigenvalue weighted by Crippen LogP contribution is 2.25. The fraction of sp³-hybridized carbons (Fsp3) is 0.833. The van der Waals surface area contributed by atoms with Crippen molar-refractivity contribution in [3.63, 3.8) is 0 Å². The second-order valence-corrected chi connectivity index (χ2v) is 5.17. The monoisotopic (exact) mass is 194 g/mol. The number of piperazine rings is 1. The Morgan fingerprint density at radius 3 is 2.07 bits per heavy atom. The first-order valence-corrected chi connectivity index (χ1v) is 5.79. The number of hydrogen-bond acceptors (Lipinski definition) is 2. The van der Waals surface area contributed by atoms with E-state index >= 15 is 0 Å². The van der Waals surface area contributed by atoms with Crippen molar-refractivity contribution in [2.75, 3.05) is 6.54 Å². The van der Waals surface area contributed by atoms with Gasteiger partial charge in [-0.25, -0.2) is 0 Å². The molecule has 2 aliphatic heterocycles. The molecule has 0 aromatic heterocycles. The van der Waals surface area contributed by atoms with Gasteiger partial charge in [-0.05, 0) is 19.8 Å². The van der Waals surface area contributed by atoms with E-state index in [2.05, 4.69) is 50.1 Å². The fourth-order valence-corrected chi connectivity index (χ4v) is 2.71. The number of fused-ring (bicyclic) bond motifs is 2. The normalized spacial score (nSPS) is 42.4. The van der Waals surface area contributed by atoms with Crippen LogP contribution in [0.4, 0.5) is 0 Å². The van der Waals surface area contributed by atoms with Crippen LogP contribution in [0.3, 0.4) is 0 Å². The Kier molecular flexibility index (Phi) is 2.67. The summed E-state index contributed by atoms with van der Waals surface area (Å²) in [6, 6.07) is 2.44. The van der Waals surface area contributed by atoms with E-state index in [4.69, 9.17) is 0 Å². The standard InChI is InChI=1S/C12H22N2/c1-8(2)7-14-9(3)11-5-6-12(13-11)10(14)4/h5-6,8-13H,7H2,1-4H3. The van der Waals surface area contributed by atoms with Gasteiger partial charge in [0.05, 0.1) is 0 Å². The van der Waals surface area contributed by atoms with Crippen molar-refractivity contribution in [2.45, 2.75) is 51.9 Å². The summed E-state index contributed by atoms with van der Waals surface area (Å²) in [7, 11) is 0. The van der Waals surface area contributed by atoms with Crippen molar-refractivity contribution in [2.24, 2.45) is 5.92 Å². The van der Waals surface area contributed by atoms with Crippen LogP contribution in [0.1, 0.15) is 27.7 Å². The number of hydrogen-bond donors (Lipinski definition) is 1. The van der Waals surface area contributed by atoms with E-state index in [0.717, 1.165) is 5.92 Å². The van der Waals surface area contributed by atoms with Crippen LogP contribution in [0, 0.1) is 5.92 Å². The lowest BCUT2D eigenvalue weighted by molar-refractivity contribution is 0.0723. The van der Waals surface area contributed by atoms with Crippen molar-refractivity contribution in [1.29, 1.82) is 0 Å². The average Bonchev–Trinajstić information content (AvgIpc) is 2.55. The molecule has 14 heavy (non-hydrogen) atoms. The molecule has 80 valence electrons. The molecule has 4 unspecified atom stereocenters. The van der Waals surface area contributed by atoms with Crippen LogP contribution in [0.15, 0.2) is 12.2 Å². The van der Waals surface area contributed by atoms with Crippen LogP contribution in [0.25, 0.3) is 0 Å². The third-order valence-corrected chi connectivity index (χ3v) is 3.57. The van der Waals surface area contributed by atoms with E-state index < -0.39 is 0 Å². The predicted octanol–water partition coefficient (Wildman–Crippen LogP) is 1.63. The Morgan fingerprint density at radius 2 is 1.64 bits per heavy atom. The molecule has 4 atom stereocenters. The van der Waals surface area contributed by atoms with E-state index in [1.54, 1.807) is 0 Å². The molecule has 2 rings (SSSR count). The molecule has 2 heterocycles. The lowest BCUT2D eigenvalue weighted by Crippen LogP contribution is -2.62. The third-order valence-electron chi connectivity index (χ3n) is 3.57. The quantitative estimate of drug-likeness (QED) is 0.672. The minimum absolute atomic E-state index is 0.579. The molecule has 2 heteroatoms. The Hall–Kier alpha value is -0.340. The maximum Gasteiger partial charge on any atom is 0.0410 e. The van der Waals surface area contributed by atoms with E-state index in [1.807, 2.05) is 0 Å². The maximum absolute atomic E-state index is 3.64. The highest BCUT2D eigenvalue weighted by Gasteiger charge is 2.39. The smallest absolute Gasteiger partial charge is 0.0410 e. The summed E-state index contributed by atoms with van der Waals surface area (Å²) in [6.45, 7) is 10.5. The summed E-state index contributed by atoms with van der Waals surface area (Å²) in [6.07, 6.45) is 4.68. The summed E-state index contributed by atoms with van der Waals surface area (Å²) < 4.78 is 0. The summed E-state index contributed by atoms with van der Waals surface area (Å²) in [5, 5.41) is 3.64. The molecule has 1 N–H and O–H groups in total. The Labute approximate surface area is 87.4 Å². The van der Waals surface area contributed by atoms with Crippen molar-refractivity contribution >= 4 is 0 Å². The van der Waals surface area contributed by atoms with Crippen molar-refractivity contribution in [3.05, 3.63) is 12.2 Å². The Balaban J connectivity index is 2.10. The third kappa shape index (κ3) is 1.61. The maximum atomic E-state index is 3.64. The molecule has 0 radical (unpaired) electrons. The van der Waals surface area contributed by atoms with Crippen molar-refractivity contribution in [1.82, 2.24) is 10.2 Å². The lowest BCUT2D eigenvalue weighted by atomic mass is 9.99. The molecule has 1 saturated heterocycles. The van der Waals surface area contributed by atoms with Gasteiger partial charge in [0.2, 0.25) is 0 Å². The molecular formula is C12H22N2. The summed E-state index contributed by atoms with van der Waals surface area (Å²) in [5.74, 6) is 0.761. The molecular weight excluding hydrogens is 172 g/mol. The predicted molar refractivity (Wildman–Crippen MR) is 60.3 cm³/mol. The topological polar surface area (TPSA) is 15.3 Å². The van der Waals surface area contributed by atoms with Gasteiger partial charge in [0.15, 0.2) is 0 Å². The molecule has 0 aromatic carbocycles. The molecule has 0 spiro atoms. The molecule has 0 amide bonds. The number of nitrogens with zero attached hydrogens (tertiary/aromatic N) is 1. The van der Waals surface area contributed by atoms with Gasteiger partial charge in [0.25, 0.3) is 0 Å². The molecule has 2 bridgehead atoms. The van der Waals surface area contributed by atoms with Crippen molar-refractivity contribution in [3.8, 4) is 0 Å². The summed E-state index contributed by atoms with van der Waals surface area (Å²) in [5.41, 5.74) is 0. The van der Waals surface area contributed by atoms with Gasteiger partial charge in [0.1, 0.15) is 0 Å². The van der Waals surface area contributed by atoms with Gasteiger partial charge in [-0.15, -0.1) is 0 Å². The first-order chi connectivity index (χ1) is 6.59. The minimum atomic E-state index is 0.579. The zero-order valence-electron chi connectivity index (χ0n) is 9.70.